The van der Waals surface area contributed by atoms with E-state index in [9.17, 15) is 13.2 Å². The third kappa shape index (κ3) is 6.27. The third-order valence-electron chi connectivity index (χ3n) is 4.52. The first kappa shape index (κ1) is 22.7. The van der Waals surface area contributed by atoms with E-state index in [4.69, 9.17) is 16.3 Å². The molecule has 3 aromatic rings. The van der Waals surface area contributed by atoms with Gasteiger partial charge in [-0.3, -0.25) is 9.78 Å². The maximum absolute atomic E-state index is 13.0. The number of benzene rings is 2. The second kappa shape index (κ2) is 10.4. The first-order valence-electron chi connectivity index (χ1n) is 9.45. The van der Waals surface area contributed by atoms with E-state index < -0.39 is 22.0 Å². The fraction of sp³-hybridized carbons (Fsp3) is 0.182. The van der Waals surface area contributed by atoms with E-state index in [1.807, 2.05) is 36.4 Å². The fourth-order valence-electron chi connectivity index (χ4n) is 2.92. The van der Waals surface area contributed by atoms with Crippen molar-refractivity contribution in [3.63, 3.8) is 0 Å². The van der Waals surface area contributed by atoms with E-state index in [2.05, 4.69) is 15.0 Å². The van der Waals surface area contributed by atoms with Crippen molar-refractivity contribution < 1.29 is 17.9 Å². The standard InChI is InChI=1S/C22H22ClN3O4S/c1-30-21-10-9-18(13-19(21)23)31(28,29)26-20(12-16-6-3-2-4-7-16)22(27)25-15-17-8-5-11-24-14-17/h2-11,13-14,20,26H,12,15H2,1H3,(H,25,27)/t20-/m0/s1. The van der Waals surface area contributed by atoms with Crippen LogP contribution in [0.1, 0.15) is 11.1 Å². The van der Waals surface area contributed by atoms with Gasteiger partial charge in [-0.1, -0.05) is 48.0 Å². The van der Waals surface area contributed by atoms with Crippen molar-refractivity contribution in [2.75, 3.05) is 7.11 Å². The van der Waals surface area contributed by atoms with Crippen molar-refractivity contribution in [1.82, 2.24) is 15.0 Å². The minimum absolute atomic E-state index is 0.0589. The molecule has 3 rings (SSSR count). The molecule has 0 bridgehead atoms. The molecule has 0 aliphatic carbocycles. The number of methoxy groups -OCH3 is 1. The Morgan fingerprint density at radius 1 is 1.10 bits per heavy atom. The van der Waals surface area contributed by atoms with Crippen molar-refractivity contribution in [3.8, 4) is 5.75 Å². The molecule has 1 amide bonds. The number of carbonyl (C=O) groups excluding carboxylic acids is 1. The molecule has 0 saturated carbocycles. The van der Waals surface area contributed by atoms with E-state index in [0.29, 0.717) is 5.75 Å². The quantitative estimate of drug-likeness (QED) is 0.512. The highest BCUT2D eigenvalue weighted by Crippen LogP contribution is 2.27. The van der Waals surface area contributed by atoms with Crippen molar-refractivity contribution in [2.24, 2.45) is 0 Å². The van der Waals surface area contributed by atoms with Crippen LogP contribution >= 0.6 is 11.6 Å². The van der Waals surface area contributed by atoms with Gasteiger partial charge in [-0.25, -0.2) is 8.42 Å². The molecule has 0 aliphatic rings. The summed E-state index contributed by atoms with van der Waals surface area (Å²) in [5.41, 5.74) is 1.62. The van der Waals surface area contributed by atoms with E-state index in [0.717, 1.165) is 11.1 Å². The molecule has 0 aliphatic heterocycles. The van der Waals surface area contributed by atoms with Gasteiger partial charge in [-0.15, -0.1) is 0 Å². The van der Waals surface area contributed by atoms with Crippen LogP contribution in [0.4, 0.5) is 0 Å². The van der Waals surface area contributed by atoms with Gasteiger partial charge in [0, 0.05) is 18.9 Å². The van der Waals surface area contributed by atoms with E-state index in [1.165, 1.54) is 25.3 Å². The van der Waals surface area contributed by atoms with Crippen LogP contribution < -0.4 is 14.8 Å². The molecule has 0 spiro atoms. The minimum atomic E-state index is -4.02. The molecule has 0 unspecified atom stereocenters. The molecular weight excluding hydrogens is 438 g/mol. The zero-order chi connectivity index (χ0) is 22.3. The van der Waals surface area contributed by atoms with Gasteiger partial charge >= 0.3 is 0 Å². The van der Waals surface area contributed by atoms with Crippen molar-refractivity contribution in [3.05, 3.63) is 89.2 Å². The number of nitrogens with zero attached hydrogens (tertiary/aromatic N) is 1. The highest BCUT2D eigenvalue weighted by atomic mass is 35.5. The second-order valence-corrected chi connectivity index (χ2v) is 8.86. The smallest absolute Gasteiger partial charge is 0.241 e. The molecule has 0 fully saturated rings. The molecule has 1 heterocycles. The number of sulfonamides is 1. The molecule has 2 N–H and O–H groups in total. The first-order chi connectivity index (χ1) is 14.9. The summed E-state index contributed by atoms with van der Waals surface area (Å²) in [4.78, 5) is 16.8. The van der Waals surface area contributed by atoms with E-state index in [1.54, 1.807) is 18.5 Å². The molecule has 9 heteroatoms. The summed E-state index contributed by atoms with van der Waals surface area (Å²) in [6.07, 6.45) is 3.45. The molecule has 31 heavy (non-hydrogen) atoms. The average Bonchev–Trinajstić information content (AvgIpc) is 2.78. The number of rotatable bonds is 9. The number of amides is 1. The number of carbonyl (C=O) groups is 1. The molecule has 1 aromatic heterocycles. The summed E-state index contributed by atoms with van der Waals surface area (Å²) >= 11 is 6.08. The predicted molar refractivity (Wildman–Crippen MR) is 118 cm³/mol. The number of hydrogen-bond donors (Lipinski definition) is 2. The topological polar surface area (TPSA) is 97.4 Å². The van der Waals surface area contributed by atoms with Crippen LogP contribution in [0.3, 0.4) is 0 Å². The van der Waals surface area contributed by atoms with Gasteiger partial charge in [0.15, 0.2) is 0 Å². The largest absolute Gasteiger partial charge is 0.495 e. The number of aromatic nitrogens is 1. The summed E-state index contributed by atoms with van der Waals surface area (Å²) < 4.78 is 33.5. The van der Waals surface area contributed by atoms with Crippen LogP contribution in [0.2, 0.25) is 5.02 Å². The summed E-state index contributed by atoms with van der Waals surface area (Å²) in [6, 6.07) is 15.9. The Labute approximate surface area is 186 Å². The summed E-state index contributed by atoms with van der Waals surface area (Å²) in [7, 11) is -2.58. The third-order valence-corrected chi connectivity index (χ3v) is 6.28. The van der Waals surface area contributed by atoms with Gasteiger partial charge < -0.3 is 10.1 Å². The van der Waals surface area contributed by atoms with Crippen LogP contribution in [0.25, 0.3) is 0 Å². The first-order valence-corrected chi connectivity index (χ1v) is 11.3. The normalized spacial score (nSPS) is 12.2. The summed E-state index contributed by atoms with van der Waals surface area (Å²) in [5, 5.41) is 2.93. The highest BCUT2D eigenvalue weighted by molar-refractivity contribution is 7.89. The lowest BCUT2D eigenvalue weighted by Crippen LogP contribution is -2.47. The zero-order valence-corrected chi connectivity index (χ0v) is 18.4. The molecule has 0 radical (unpaired) electrons. The Morgan fingerprint density at radius 2 is 1.84 bits per heavy atom. The average molecular weight is 460 g/mol. The predicted octanol–water partition coefficient (Wildman–Crippen LogP) is 2.95. The zero-order valence-electron chi connectivity index (χ0n) is 16.8. The minimum Gasteiger partial charge on any atom is -0.495 e. The van der Waals surface area contributed by atoms with E-state index in [-0.39, 0.29) is 22.9 Å². The van der Waals surface area contributed by atoms with Gasteiger partial charge in [0.25, 0.3) is 0 Å². The number of nitrogens with one attached hydrogen (secondary N) is 2. The second-order valence-electron chi connectivity index (χ2n) is 6.74. The lowest BCUT2D eigenvalue weighted by Gasteiger charge is -2.19. The highest BCUT2D eigenvalue weighted by Gasteiger charge is 2.26. The Morgan fingerprint density at radius 3 is 2.48 bits per heavy atom. The summed E-state index contributed by atoms with van der Waals surface area (Å²) in [5.74, 6) is -0.0912. The number of halogens is 1. The Kier molecular flexibility index (Phi) is 7.62. The molecule has 0 saturated heterocycles. The molecule has 7 nitrogen and oxygen atoms in total. The van der Waals surface area contributed by atoms with Gasteiger partial charge in [0.05, 0.1) is 17.0 Å². The lowest BCUT2D eigenvalue weighted by molar-refractivity contribution is -0.122. The van der Waals surface area contributed by atoms with Gasteiger partial charge in [0.2, 0.25) is 15.9 Å². The fourth-order valence-corrected chi connectivity index (χ4v) is 4.47. The SMILES string of the molecule is COc1ccc(S(=O)(=O)N[C@@H](Cc2ccccc2)C(=O)NCc2cccnc2)cc1Cl. The number of hydrogen-bond acceptors (Lipinski definition) is 5. The van der Waals surface area contributed by atoms with E-state index >= 15 is 0 Å². The van der Waals surface area contributed by atoms with Gasteiger partial charge in [0.1, 0.15) is 11.8 Å². The number of ether oxygens (including phenoxy) is 1. The summed E-state index contributed by atoms with van der Waals surface area (Å²) in [6.45, 7) is 0.230. The molecular formula is C22H22ClN3O4S. The Balaban J connectivity index is 1.81. The van der Waals surface area contributed by atoms with Crippen LogP contribution in [-0.4, -0.2) is 32.5 Å². The van der Waals surface area contributed by atoms with Crippen molar-refractivity contribution >= 4 is 27.5 Å². The van der Waals surface area contributed by atoms with Crippen molar-refractivity contribution in [2.45, 2.75) is 23.9 Å². The Hall–Kier alpha value is -2.94. The molecule has 2 aromatic carbocycles. The maximum Gasteiger partial charge on any atom is 0.241 e. The van der Waals surface area contributed by atoms with Crippen LogP contribution in [0.5, 0.6) is 5.75 Å². The molecule has 1 atom stereocenters. The van der Waals surface area contributed by atoms with Crippen LogP contribution in [-0.2, 0) is 27.8 Å². The maximum atomic E-state index is 13.0. The number of pyridine rings is 1. The Bertz CT molecular complexity index is 1130. The molecule has 162 valence electrons. The van der Waals surface area contributed by atoms with Crippen LogP contribution in [0, 0.1) is 0 Å². The van der Waals surface area contributed by atoms with Gasteiger partial charge in [-0.2, -0.15) is 4.72 Å². The monoisotopic (exact) mass is 459 g/mol. The van der Waals surface area contributed by atoms with Crippen LogP contribution in [0.15, 0.2) is 78.0 Å². The lowest BCUT2D eigenvalue weighted by atomic mass is 10.1. The van der Waals surface area contributed by atoms with Crippen molar-refractivity contribution in [1.29, 1.82) is 0 Å². The van der Waals surface area contributed by atoms with Gasteiger partial charge in [-0.05, 0) is 41.8 Å².